The molecular weight excluding hydrogens is 374 g/mol. The highest BCUT2D eigenvalue weighted by Crippen LogP contribution is 2.45. The number of aldehydes is 1. The highest BCUT2D eigenvalue weighted by molar-refractivity contribution is 6.06. The minimum absolute atomic E-state index is 0.0614. The van der Waals surface area contributed by atoms with Gasteiger partial charge in [0.15, 0.2) is 36.1 Å². The molecule has 1 aromatic heterocycles. The summed E-state index contributed by atoms with van der Waals surface area (Å²) in [6, 6.07) is 7.40. The third-order valence-electron chi connectivity index (χ3n) is 4.97. The molecule has 154 valence electrons. The largest absolute Gasteiger partial charge is 0.493 e. The zero-order valence-electron chi connectivity index (χ0n) is 17.5. The quantitative estimate of drug-likeness (QED) is 0.422. The lowest BCUT2D eigenvalue weighted by Gasteiger charge is -2.13. The lowest BCUT2D eigenvalue weighted by Crippen LogP contribution is -2.03. The summed E-state index contributed by atoms with van der Waals surface area (Å²) in [5.74, 6) is 2.28. The molecule has 0 spiro atoms. The summed E-state index contributed by atoms with van der Waals surface area (Å²) in [5.41, 5.74) is 4.07. The summed E-state index contributed by atoms with van der Waals surface area (Å²) in [6.07, 6.45) is 0.822. The molecule has 3 aromatic rings. The van der Waals surface area contributed by atoms with Crippen LogP contribution in [0.25, 0.3) is 22.2 Å². The van der Waals surface area contributed by atoms with Gasteiger partial charge in [-0.15, -0.1) is 0 Å². The van der Waals surface area contributed by atoms with E-state index in [1.165, 1.54) is 0 Å². The second kappa shape index (κ2) is 8.45. The van der Waals surface area contributed by atoms with E-state index in [0.717, 1.165) is 34.0 Å². The van der Waals surface area contributed by atoms with Crippen molar-refractivity contribution in [2.24, 2.45) is 7.05 Å². The first-order chi connectivity index (χ1) is 14.0. The van der Waals surface area contributed by atoms with Gasteiger partial charge in [0, 0.05) is 25.3 Å². The van der Waals surface area contributed by atoms with Gasteiger partial charge in [-0.25, -0.2) is 0 Å². The van der Waals surface area contributed by atoms with Gasteiger partial charge in [0.05, 0.1) is 37.9 Å². The fraction of sp³-hybridized carbons (Fsp3) is 0.318. The van der Waals surface area contributed by atoms with Crippen LogP contribution in [0.4, 0.5) is 0 Å². The van der Waals surface area contributed by atoms with E-state index in [9.17, 15) is 4.79 Å². The SMILES string of the molecule is COCOc1c(OC)cc(C=O)c2c1c(C)c(-c1ccc(OC)c(OC)c1)n2C. The van der Waals surface area contributed by atoms with Gasteiger partial charge in [0.25, 0.3) is 0 Å². The molecule has 0 fully saturated rings. The highest BCUT2D eigenvalue weighted by atomic mass is 16.7. The first-order valence-corrected chi connectivity index (χ1v) is 9.01. The van der Waals surface area contributed by atoms with E-state index in [4.69, 9.17) is 23.7 Å². The number of hydrogen-bond donors (Lipinski definition) is 0. The molecule has 0 radical (unpaired) electrons. The lowest BCUT2D eigenvalue weighted by molar-refractivity contribution is 0.0503. The molecule has 2 aromatic carbocycles. The predicted molar refractivity (Wildman–Crippen MR) is 111 cm³/mol. The Hall–Kier alpha value is -3.19. The van der Waals surface area contributed by atoms with Crippen LogP contribution in [0.15, 0.2) is 24.3 Å². The number of ether oxygens (including phenoxy) is 5. The van der Waals surface area contributed by atoms with E-state index in [1.54, 1.807) is 34.5 Å². The third-order valence-corrected chi connectivity index (χ3v) is 4.97. The number of rotatable bonds is 8. The van der Waals surface area contributed by atoms with Gasteiger partial charge in [0.2, 0.25) is 0 Å². The first kappa shape index (κ1) is 20.5. The van der Waals surface area contributed by atoms with Crippen molar-refractivity contribution in [2.75, 3.05) is 35.2 Å². The number of hydrogen-bond acceptors (Lipinski definition) is 6. The maximum absolute atomic E-state index is 11.8. The number of carbonyl (C=O) groups excluding carboxylic acids is 1. The molecule has 29 heavy (non-hydrogen) atoms. The number of fused-ring (bicyclic) bond motifs is 1. The summed E-state index contributed by atoms with van der Waals surface area (Å²) in [4.78, 5) is 11.8. The van der Waals surface area contributed by atoms with Crippen molar-refractivity contribution in [3.63, 3.8) is 0 Å². The highest BCUT2D eigenvalue weighted by Gasteiger charge is 2.24. The van der Waals surface area contributed by atoms with Gasteiger partial charge in [-0.3, -0.25) is 4.79 Å². The number of carbonyl (C=O) groups is 1. The average molecular weight is 399 g/mol. The van der Waals surface area contributed by atoms with E-state index in [1.807, 2.05) is 36.7 Å². The van der Waals surface area contributed by atoms with Gasteiger partial charge in [-0.2, -0.15) is 0 Å². The van der Waals surface area contributed by atoms with E-state index >= 15 is 0 Å². The number of nitrogens with zero attached hydrogens (tertiary/aromatic N) is 1. The molecule has 0 aliphatic heterocycles. The van der Waals surface area contributed by atoms with Crippen molar-refractivity contribution in [3.05, 3.63) is 35.4 Å². The number of aromatic nitrogens is 1. The van der Waals surface area contributed by atoms with Crippen molar-refractivity contribution in [1.82, 2.24) is 4.57 Å². The first-order valence-electron chi connectivity index (χ1n) is 9.01. The summed E-state index contributed by atoms with van der Waals surface area (Å²) < 4.78 is 29.2. The van der Waals surface area contributed by atoms with E-state index in [-0.39, 0.29) is 6.79 Å². The number of aryl methyl sites for hydroxylation is 2. The average Bonchev–Trinajstić information content (AvgIpc) is 3.01. The Morgan fingerprint density at radius 3 is 2.24 bits per heavy atom. The molecule has 0 saturated carbocycles. The van der Waals surface area contributed by atoms with Crippen LogP contribution in [-0.2, 0) is 11.8 Å². The Kier molecular flexibility index (Phi) is 5.98. The van der Waals surface area contributed by atoms with Gasteiger partial charge in [-0.05, 0) is 36.8 Å². The monoisotopic (exact) mass is 399 g/mol. The van der Waals surface area contributed by atoms with Crippen LogP contribution in [0.5, 0.6) is 23.0 Å². The molecule has 7 nitrogen and oxygen atoms in total. The van der Waals surface area contributed by atoms with Crippen LogP contribution in [0.3, 0.4) is 0 Å². The van der Waals surface area contributed by atoms with Gasteiger partial charge in [0.1, 0.15) is 0 Å². The Morgan fingerprint density at radius 1 is 0.966 bits per heavy atom. The number of benzene rings is 2. The summed E-state index contributed by atoms with van der Waals surface area (Å²) >= 11 is 0. The molecule has 7 heteroatoms. The third kappa shape index (κ3) is 3.38. The Labute approximate surface area is 169 Å². The number of methoxy groups -OCH3 is 4. The van der Waals surface area contributed by atoms with Crippen LogP contribution < -0.4 is 18.9 Å². The van der Waals surface area contributed by atoms with Crippen LogP contribution in [0.1, 0.15) is 15.9 Å². The second-order valence-corrected chi connectivity index (χ2v) is 6.49. The van der Waals surface area contributed by atoms with E-state index in [2.05, 4.69) is 0 Å². The maximum Gasteiger partial charge on any atom is 0.188 e. The maximum atomic E-state index is 11.8. The molecule has 0 amide bonds. The van der Waals surface area contributed by atoms with Gasteiger partial charge >= 0.3 is 0 Å². The molecule has 0 aliphatic rings. The molecule has 0 N–H and O–H groups in total. The topological polar surface area (TPSA) is 68.2 Å². The molecule has 0 saturated heterocycles. The zero-order valence-corrected chi connectivity index (χ0v) is 17.5. The van der Waals surface area contributed by atoms with Crippen LogP contribution in [-0.4, -0.2) is 46.1 Å². The minimum atomic E-state index is 0.0614. The van der Waals surface area contributed by atoms with Crippen molar-refractivity contribution in [3.8, 4) is 34.3 Å². The molecule has 3 rings (SSSR count). The lowest BCUT2D eigenvalue weighted by atomic mass is 10.0. The van der Waals surface area contributed by atoms with Gasteiger partial charge in [-0.1, -0.05) is 0 Å². The Bertz CT molecular complexity index is 1050. The van der Waals surface area contributed by atoms with Crippen LogP contribution in [0.2, 0.25) is 0 Å². The normalized spacial score (nSPS) is 10.8. The van der Waals surface area contributed by atoms with Crippen molar-refractivity contribution >= 4 is 17.2 Å². The van der Waals surface area contributed by atoms with Crippen LogP contribution >= 0.6 is 0 Å². The summed E-state index contributed by atoms with van der Waals surface area (Å²) in [5, 5.41) is 0.802. The van der Waals surface area contributed by atoms with Crippen molar-refractivity contribution in [1.29, 1.82) is 0 Å². The minimum Gasteiger partial charge on any atom is -0.493 e. The second-order valence-electron chi connectivity index (χ2n) is 6.49. The van der Waals surface area contributed by atoms with Crippen molar-refractivity contribution < 1.29 is 28.5 Å². The fourth-order valence-corrected chi connectivity index (χ4v) is 3.74. The molecule has 0 unspecified atom stereocenters. The smallest absolute Gasteiger partial charge is 0.188 e. The molecule has 0 aliphatic carbocycles. The standard InChI is InChI=1S/C22H25NO6/c1-13-19-21(15(11-24)10-18(28-6)22(19)29-12-25-3)23(2)20(13)14-7-8-16(26-4)17(9-14)27-5/h7-11H,12H2,1-6H3. The molecule has 0 bridgehead atoms. The molecular formula is C22H25NO6. The Balaban J connectivity index is 2.37. The predicted octanol–water partition coefficient (Wildman–Crippen LogP) is 3.97. The van der Waals surface area contributed by atoms with Gasteiger partial charge < -0.3 is 28.3 Å². The molecule has 1 heterocycles. The van der Waals surface area contributed by atoms with Crippen molar-refractivity contribution in [2.45, 2.75) is 6.92 Å². The summed E-state index contributed by atoms with van der Waals surface area (Å²) in [7, 11) is 8.21. The van der Waals surface area contributed by atoms with Crippen LogP contribution in [0, 0.1) is 6.92 Å². The molecule has 0 atom stereocenters. The zero-order chi connectivity index (χ0) is 21.1. The Morgan fingerprint density at radius 2 is 1.66 bits per heavy atom. The fourth-order valence-electron chi connectivity index (χ4n) is 3.74. The summed E-state index contributed by atoms with van der Waals surface area (Å²) in [6.45, 7) is 2.05. The van der Waals surface area contributed by atoms with E-state index < -0.39 is 0 Å². The van der Waals surface area contributed by atoms with E-state index in [0.29, 0.717) is 28.6 Å².